The summed E-state index contributed by atoms with van der Waals surface area (Å²) in [5.74, 6) is -0.356. The van der Waals surface area contributed by atoms with Crippen LogP contribution in [0.25, 0.3) is 0 Å². The minimum Gasteiger partial charge on any atom is -0.393 e. The summed E-state index contributed by atoms with van der Waals surface area (Å²) in [7, 11) is 0. The lowest BCUT2D eigenvalue weighted by Crippen LogP contribution is -2.21. The fraction of sp³-hybridized carbons (Fsp3) is 0.692. The first-order valence-corrected chi connectivity index (χ1v) is 6.01. The van der Waals surface area contributed by atoms with Crippen molar-refractivity contribution in [2.24, 2.45) is 17.8 Å². The Kier molecular flexibility index (Phi) is 3.13. The number of hydrogen-bond acceptors (Lipinski definition) is 3. The Morgan fingerprint density at radius 3 is 2.69 bits per heavy atom. The van der Waals surface area contributed by atoms with Crippen molar-refractivity contribution in [2.75, 3.05) is 0 Å². The van der Waals surface area contributed by atoms with Gasteiger partial charge in [-0.25, -0.2) is 0 Å². The second-order valence-corrected chi connectivity index (χ2v) is 5.19. The van der Waals surface area contributed by atoms with Crippen LogP contribution in [0.3, 0.4) is 0 Å². The third kappa shape index (κ3) is 2.18. The van der Waals surface area contributed by atoms with Crippen molar-refractivity contribution >= 4 is 11.9 Å². The van der Waals surface area contributed by atoms with Crippen LogP contribution in [0, 0.1) is 17.8 Å². The summed E-state index contributed by atoms with van der Waals surface area (Å²) in [6, 6.07) is 0. The molecule has 2 rings (SSSR count). The lowest BCUT2D eigenvalue weighted by atomic mass is 9.79. The normalized spacial score (nSPS) is 29.1. The SMILES string of the molecule is CC(C)CCC1=CCC2C(=O)OC(=O)C2C1. The number of carbonyl (C=O) groups excluding carboxylic acids is 2. The van der Waals surface area contributed by atoms with Crippen LogP contribution >= 0.6 is 0 Å². The van der Waals surface area contributed by atoms with Crippen LogP contribution in [0.4, 0.5) is 0 Å². The van der Waals surface area contributed by atoms with Gasteiger partial charge in [0.2, 0.25) is 0 Å². The molecule has 0 aromatic carbocycles. The van der Waals surface area contributed by atoms with E-state index in [0.717, 1.165) is 19.3 Å². The molecule has 0 aromatic rings. The number of cyclic esters (lactones) is 2. The molecule has 0 N–H and O–H groups in total. The second kappa shape index (κ2) is 4.40. The van der Waals surface area contributed by atoms with Crippen LogP contribution in [0.1, 0.15) is 39.5 Å². The van der Waals surface area contributed by atoms with Gasteiger partial charge in [-0.15, -0.1) is 0 Å². The minimum atomic E-state index is -0.325. The monoisotopic (exact) mass is 222 g/mol. The molecule has 0 bridgehead atoms. The molecule has 88 valence electrons. The lowest BCUT2D eigenvalue weighted by Gasteiger charge is -2.20. The maximum atomic E-state index is 11.4. The van der Waals surface area contributed by atoms with Gasteiger partial charge in [-0.3, -0.25) is 9.59 Å². The minimum absolute atomic E-state index is 0.195. The highest BCUT2D eigenvalue weighted by Crippen LogP contribution is 2.37. The highest BCUT2D eigenvalue weighted by molar-refractivity contribution is 5.96. The lowest BCUT2D eigenvalue weighted by molar-refractivity contribution is -0.153. The molecule has 0 saturated carbocycles. The van der Waals surface area contributed by atoms with E-state index in [1.807, 2.05) is 0 Å². The van der Waals surface area contributed by atoms with Gasteiger partial charge >= 0.3 is 11.9 Å². The Labute approximate surface area is 95.9 Å². The quantitative estimate of drug-likeness (QED) is 0.418. The molecule has 1 saturated heterocycles. The molecule has 2 unspecified atom stereocenters. The zero-order chi connectivity index (χ0) is 11.7. The molecule has 0 radical (unpaired) electrons. The molecule has 1 heterocycles. The van der Waals surface area contributed by atoms with E-state index >= 15 is 0 Å². The van der Waals surface area contributed by atoms with Crippen LogP contribution in [0.5, 0.6) is 0 Å². The molecule has 0 spiro atoms. The van der Waals surface area contributed by atoms with Gasteiger partial charge in [0.1, 0.15) is 0 Å². The van der Waals surface area contributed by atoms with Crippen molar-refractivity contribution in [1.82, 2.24) is 0 Å². The zero-order valence-corrected chi connectivity index (χ0v) is 9.86. The largest absolute Gasteiger partial charge is 0.393 e. The Morgan fingerprint density at radius 1 is 1.31 bits per heavy atom. The number of hydrogen-bond donors (Lipinski definition) is 0. The molecule has 3 nitrogen and oxygen atoms in total. The molecule has 1 aliphatic carbocycles. The number of carbonyl (C=O) groups is 2. The average Bonchev–Trinajstić information content (AvgIpc) is 2.52. The summed E-state index contributed by atoms with van der Waals surface area (Å²) in [4.78, 5) is 22.8. The fourth-order valence-corrected chi connectivity index (χ4v) is 2.40. The highest BCUT2D eigenvalue weighted by Gasteiger charge is 2.45. The van der Waals surface area contributed by atoms with E-state index in [1.165, 1.54) is 5.57 Å². The second-order valence-electron chi connectivity index (χ2n) is 5.19. The van der Waals surface area contributed by atoms with E-state index in [2.05, 4.69) is 24.7 Å². The molecule has 1 aliphatic heterocycles. The molecule has 0 aromatic heterocycles. The molecular formula is C13H18O3. The summed E-state index contributed by atoms with van der Waals surface area (Å²) < 4.78 is 4.67. The van der Waals surface area contributed by atoms with Crippen molar-refractivity contribution in [2.45, 2.75) is 39.5 Å². The van der Waals surface area contributed by atoms with E-state index in [0.29, 0.717) is 12.3 Å². The van der Waals surface area contributed by atoms with E-state index in [4.69, 9.17) is 0 Å². The van der Waals surface area contributed by atoms with Gasteiger partial charge in [-0.1, -0.05) is 25.5 Å². The van der Waals surface area contributed by atoms with Gasteiger partial charge in [0, 0.05) is 0 Å². The van der Waals surface area contributed by atoms with E-state index in [1.54, 1.807) is 0 Å². The Bertz CT molecular complexity index is 341. The summed E-state index contributed by atoms with van der Waals surface area (Å²) >= 11 is 0. The number of ether oxygens (including phenoxy) is 1. The topological polar surface area (TPSA) is 43.4 Å². The van der Waals surface area contributed by atoms with Gasteiger partial charge in [-0.2, -0.15) is 0 Å². The van der Waals surface area contributed by atoms with Gasteiger partial charge in [0.15, 0.2) is 0 Å². The van der Waals surface area contributed by atoms with Crippen LogP contribution in [-0.4, -0.2) is 11.9 Å². The third-order valence-corrected chi connectivity index (χ3v) is 3.48. The zero-order valence-electron chi connectivity index (χ0n) is 9.86. The average molecular weight is 222 g/mol. The maximum Gasteiger partial charge on any atom is 0.317 e. The van der Waals surface area contributed by atoms with Crippen molar-refractivity contribution < 1.29 is 14.3 Å². The molecule has 0 amide bonds. The standard InChI is InChI=1S/C13H18O3/c1-8(2)3-4-9-5-6-10-11(7-9)13(15)16-12(10)14/h5,8,10-11H,3-4,6-7H2,1-2H3. The van der Waals surface area contributed by atoms with E-state index in [-0.39, 0.29) is 23.8 Å². The number of fused-ring (bicyclic) bond motifs is 1. The Morgan fingerprint density at radius 2 is 2.00 bits per heavy atom. The van der Waals surface area contributed by atoms with Crippen LogP contribution in [-0.2, 0) is 14.3 Å². The van der Waals surface area contributed by atoms with Crippen LogP contribution < -0.4 is 0 Å². The van der Waals surface area contributed by atoms with E-state index in [9.17, 15) is 9.59 Å². The summed E-state index contributed by atoms with van der Waals surface area (Å²) in [5.41, 5.74) is 1.32. The van der Waals surface area contributed by atoms with Crippen LogP contribution in [0.15, 0.2) is 11.6 Å². The molecule has 1 fully saturated rings. The van der Waals surface area contributed by atoms with Gasteiger partial charge in [0.25, 0.3) is 0 Å². The Hall–Kier alpha value is -1.12. The predicted octanol–water partition coefficient (Wildman–Crippen LogP) is 2.46. The molecule has 3 heteroatoms. The summed E-state index contributed by atoms with van der Waals surface area (Å²) in [6.07, 6.45) is 5.72. The van der Waals surface area contributed by atoms with Gasteiger partial charge in [-0.05, 0) is 31.6 Å². The summed E-state index contributed by atoms with van der Waals surface area (Å²) in [5, 5.41) is 0. The number of esters is 2. The first kappa shape index (κ1) is 11.4. The number of rotatable bonds is 3. The smallest absolute Gasteiger partial charge is 0.317 e. The highest BCUT2D eigenvalue weighted by atomic mass is 16.6. The fourth-order valence-electron chi connectivity index (χ4n) is 2.40. The van der Waals surface area contributed by atoms with Crippen molar-refractivity contribution in [3.8, 4) is 0 Å². The molecular weight excluding hydrogens is 204 g/mol. The molecule has 2 aliphatic rings. The maximum absolute atomic E-state index is 11.4. The van der Waals surface area contributed by atoms with Crippen molar-refractivity contribution in [3.63, 3.8) is 0 Å². The van der Waals surface area contributed by atoms with Gasteiger partial charge < -0.3 is 4.74 Å². The Balaban J connectivity index is 1.98. The van der Waals surface area contributed by atoms with Gasteiger partial charge in [0.05, 0.1) is 11.8 Å². The molecule has 16 heavy (non-hydrogen) atoms. The first-order valence-electron chi connectivity index (χ1n) is 6.01. The van der Waals surface area contributed by atoms with Crippen LogP contribution in [0.2, 0.25) is 0 Å². The summed E-state index contributed by atoms with van der Waals surface area (Å²) in [6.45, 7) is 4.39. The third-order valence-electron chi connectivity index (χ3n) is 3.48. The number of allylic oxidation sites excluding steroid dienone is 2. The predicted molar refractivity (Wildman–Crippen MR) is 59.5 cm³/mol. The molecule has 2 atom stereocenters. The first-order chi connectivity index (χ1) is 7.58. The van der Waals surface area contributed by atoms with E-state index < -0.39 is 0 Å². The van der Waals surface area contributed by atoms with Crippen molar-refractivity contribution in [3.05, 3.63) is 11.6 Å². The van der Waals surface area contributed by atoms with Crippen molar-refractivity contribution in [1.29, 1.82) is 0 Å².